The van der Waals surface area contributed by atoms with Crippen molar-refractivity contribution in [1.29, 1.82) is 0 Å². The van der Waals surface area contributed by atoms with E-state index in [1.54, 1.807) is 12.4 Å². The van der Waals surface area contributed by atoms with Crippen LogP contribution in [0, 0.1) is 11.6 Å². The van der Waals surface area contributed by atoms with E-state index in [-0.39, 0.29) is 17.9 Å². The fourth-order valence-electron chi connectivity index (χ4n) is 5.17. The number of urea groups is 1. The number of benzene rings is 1. The smallest absolute Gasteiger partial charge is 0.320 e. The van der Waals surface area contributed by atoms with Crippen molar-refractivity contribution >= 4 is 11.8 Å². The lowest BCUT2D eigenvalue weighted by Crippen LogP contribution is -2.49. The lowest BCUT2D eigenvalue weighted by molar-refractivity contribution is 0.0419. The van der Waals surface area contributed by atoms with Crippen LogP contribution in [0.25, 0.3) is 11.3 Å². The minimum absolute atomic E-state index is 0.00866. The van der Waals surface area contributed by atoms with Gasteiger partial charge in [0.25, 0.3) is 0 Å². The van der Waals surface area contributed by atoms with Crippen LogP contribution >= 0.6 is 0 Å². The normalized spacial score (nSPS) is 18.4. The summed E-state index contributed by atoms with van der Waals surface area (Å²) in [4.78, 5) is 28.9. The predicted octanol–water partition coefficient (Wildman–Crippen LogP) is 3.00. The maximum absolute atomic E-state index is 14.1. The first kappa shape index (κ1) is 24.5. The molecule has 0 spiro atoms. The Morgan fingerprint density at radius 1 is 1.03 bits per heavy atom. The third-order valence-corrected chi connectivity index (χ3v) is 7.24. The van der Waals surface area contributed by atoms with Crippen molar-refractivity contribution in [1.82, 2.24) is 30.0 Å². The molecule has 1 aromatic carbocycles. The summed E-state index contributed by atoms with van der Waals surface area (Å²) < 4.78 is 38.5. The Labute approximate surface area is 218 Å². The molecular weight excluding hydrogens is 496 g/mol. The number of nitrogens with zero attached hydrogens (tertiary/aromatic N) is 6. The molecule has 6 rings (SSSR count). The number of H-pyrrole nitrogens is 1. The van der Waals surface area contributed by atoms with Crippen molar-refractivity contribution in [3.63, 3.8) is 0 Å². The second-order valence-electron chi connectivity index (χ2n) is 9.71. The average Bonchev–Trinajstić information content (AvgIpc) is 3.49. The number of aromatic nitrogens is 4. The molecule has 2 amide bonds. The van der Waals surface area contributed by atoms with Crippen LogP contribution in [0.4, 0.5) is 19.4 Å². The van der Waals surface area contributed by atoms with Gasteiger partial charge in [0.2, 0.25) is 0 Å². The molecule has 38 heavy (non-hydrogen) atoms. The number of anilines is 1. The lowest BCUT2D eigenvalue weighted by atomic mass is 10.1. The third kappa shape index (κ3) is 5.00. The summed E-state index contributed by atoms with van der Waals surface area (Å²) in [5.74, 6) is -0.495. The van der Waals surface area contributed by atoms with Gasteiger partial charge in [0.1, 0.15) is 17.6 Å². The average molecular weight is 526 g/mol. The SMILES string of the molecule is O=C(N1CCOCC1)N1CCc2nc(N3CCC(Oc4ccc(F)cc4F)CC3)c(-c3cn[nH]c3)nc2C1. The van der Waals surface area contributed by atoms with Crippen molar-refractivity contribution in [2.45, 2.75) is 31.9 Å². The molecule has 10 nitrogen and oxygen atoms in total. The number of fused-ring (bicyclic) bond motifs is 1. The fraction of sp³-hybridized carbons (Fsp3) is 0.462. The molecule has 3 aliphatic heterocycles. The third-order valence-electron chi connectivity index (χ3n) is 7.24. The van der Waals surface area contributed by atoms with Crippen molar-refractivity contribution in [3.05, 3.63) is 53.6 Å². The zero-order valence-electron chi connectivity index (χ0n) is 20.9. The van der Waals surface area contributed by atoms with Crippen LogP contribution in [-0.4, -0.2) is 88.0 Å². The first-order valence-electron chi connectivity index (χ1n) is 12.9. The number of piperidine rings is 1. The summed E-state index contributed by atoms with van der Waals surface area (Å²) >= 11 is 0. The second kappa shape index (κ2) is 10.5. The van der Waals surface area contributed by atoms with Gasteiger partial charge in [-0.05, 0) is 12.1 Å². The van der Waals surface area contributed by atoms with Crippen molar-refractivity contribution < 1.29 is 23.0 Å². The number of amides is 2. The Balaban J connectivity index is 1.19. The summed E-state index contributed by atoms with van der Waals surface area (Å²) in [5.41, 5.74) is 3.22. The van der Waals surface area contributed by atoms with E-state index >= 15 is 0 Å². The topological polar surface area (TPSA) is 99.7 Å². The van der Waals surface area contributed by atoms with Crippen molar-refractivity contribution in [2.24, 2.45) is 0 Å². The standard InChI is InChI=1S/C26H29F2N7O3/c27-18-1-2-23(20(28)13-18)38-19-3-6-33(7-4-19)25-24(17-14-29-30-15-17)31-22-16-35(8-5-21(22)32-25)26(36)34-9-11-37-12-10-34/h1-2,13-15,19H,3-12,16H2,(H,29,30). The molecule has 0 unspecified atom stereocenters. The second-order valence-corrected chi connectivity index (χ2v) is 9.71. The molecule has 0 aliphatic carbocycles. The Morgan fingerprint density at radius 3 is 2.58 bits per heavy atom. The van der Waals surface area contributed by atoms with Gasteiger partial charge < -0.3 is 24.2 Å². The summed E-state index contributed by atoms with van der Waals surface area (Å²) in [7, 11) is 0. The van der Waals surface area contributed by atoms with E-state index in [0.717, 1.165) is 28.8 Å². The van der Waals surface area contributed by atoms with Gasteiger partial charge in [0, 0.05) is 69.8 Å². The Hall–Kier alpha value is -3.80. The van der Waals surface area contributed by atoms with Gasteiger partial charge in [-0.3, -0.25) is 5.10 Å². The number of hydrogen-bond donors (Lipinski definition) is 1. The van der Waals surface area contributed by atoms with Gasteiger partial charge in [-0.25, -0.2) is 23.5 Å². The summed E-state index contributed by atoms with van der Waals surface area (Å²) in [5, 5.41) is 6.95. The van der Waals surface area contributed by atoms with Gasteiger partial charge >= 0.3 is 6.03 Å². The summed E-state index contributed by atoms with van der Waals surface area (Å²) in [6.45, 7) is 4.60. The number of morpholine rings is 1. The van der Waals surface area contributed by atoms with E-state index in [9.17, 15) is 13.6 Å². The zero-order valence-corrected chi connectivity index (χ0v) is 20.9. The number of aromatic amines is 1. The number of halogens is 2. The van der Waals surface area contributed by atoms with E-state index in [1.165, 1.54) is 12.1 Å². The number of ether oxygens (including phenoxy) is 2. The Kier molecular flexibility index (Phi) is 6.79. The number of rotatable bonds is 4. The maximum atomic E-state index is 14.1. The molecule has 5 heterocycles. The highest BCUT2D eigenvalue weighted by atomic mass is 19.1. The Bertz CT molecular complexity index is 1290. The molecule has 0 radical (unpaired) electrons. The molecule has 3 aromatic rings. The van der Waals surface area contributed by atoms with Crippen molar-refractivity contribution in [2.75, 3.05) is 50.8 Å². The van der Waals surface area contributed by atoms with Gasteiger partial charge in [-0.2, -0.15) is 5.10 Å². The molecule has 0 bridgehead atoms. The minimum Gasteiger partial charge on any atom is -0.487 e. The van der Waals surface area contributed by atoms with E-state index in [1.807, 2.05) is 9.80 Å². The molecular formula is C26H29F2N7O3. The van der Waals surface area contributed by atoms with Crippen LogP contribution < -0.4 is 9.64 Å². The number of carbonyl (C=O) groups is 1. The van der Waals surface area contributed by atoms with Gasteiger partial charge in [-0.1, -0.05) is 0 Å². The molecule has 12 heteroatoms. The molecule has 0 saturated carbocycles. The number of nitrogens with one attached hydrogen (secondary N) is 1. The molecule has 3 aliphatic rings. The Morgan fingerprint density at radius 2 is 1.84 bits per heavy atom. The lowest BCUT2D eigenvalue weighted by Gasteiger charge is -2.36. The number of hydrogen-bond acceptors (Lipinski definition) is 7. The van der Waals surface area contributed by atoms with Gasteiger partial charge in [0.15, 0.2) is 17.4 Å². The van der Waals surface area contributed by atoms with Crippen LogP contribution in [0.1, 0.15) is 24.2 Å². The van der Waals surface area contributed by atoms with Gasteiger partial charge in [0.05, 0.1) is 37.3 Å². The molecule has 200 valence electrons. The molecule has 2 aromatic heterocycles. The predicted molar refractivity (Wildman–Crippen MR) is 134 cm³/mol. The van der Waals surface area contributed by atoms with Crippen molar-refractivity contribution in [3.8, 4) is 17.0 Å². The molecule has 2 fully saturated rings. The van der Waals surface area contributed by atoms with Crippen LogP contribution in [0.2, 0.25) is 0 Å². The maximum Gasteiger partial charge on any atom is 0.320 e. The van der Waals surface area contributed by atoms with Crippen LogP contribution in [0.5, 0.6) is 5.75 Å². The van der Waals surface area contributed by atoms with E-state index in [2.05, 4.69) is 15.1 Å². The highest BCUT2D eigenvalue weighted by Crippen LogP contribution is 2.33. The first-order valence-corrected chi connectivity index (χ1v) is 12.9. The van der Waals surface area contributed by atoms with E-state index < -0.39 is 11.6 Å². The van der Waals surface area contributed by atoms with Crippen LogP contribution in [-0.2, 0) is 17.7 Å². The highest BCUT2D eigenvalue weighted by molar-refractivity contribution is 5.75. The summed E-state index contributed by atoms with van der Waals surface area (Å²) in [6.07, 6.45) is 5.25. The largest absolute Gasteiger partial charge is 0.487 e. The van der Waals surface area contributed by atoms with E-state index in [4.69, 9.17) is 19.4 Å². The highest BCUT2D eigenvalue weighted by Gasteiger charge is 2.31. The zero-order chi connectivity index (χ0) is 26.1. The molecule has 2 saturated heterocycles. The van der Waals surface area contributed by atoms with Crippen LogP contribution in [0.3, 0.4) is 0 Å². The number of carbonyl (C=O) groups excluding carboxylic acids is 1. The monoisotopic (exact) mass is 525 g/mol. The van der Waals surface area contributed by atoms with Crippen LogP contribution in [0.15, 0.2) is 30.6 Å². The molecule has 1 N–H and O–H groups in total. The fourth-order valence-corrected chi connectivity index (χ4v) is 5.17. The molecule has 0 atom stereocenters. The summed E-state index contributed by atoms with van der Waals surface area (Å²) in [6, 6.07) is 3.37. The first-order chi connectivity index (χ1) is 18.5. The van der Waals surface area contributed by atoms with E-state index in [0.29, 0.717) is 77.4 Å². The van der Waals surface area contributed by atoms with Gasteiger partial charge in [-0.15, -0.1) is 0 Å². The minimum atomic E-state index is -0.698. The quantitative estimate of drug-likeness (QED) is 0.559.